The van der Waals surface area contributed by atoms with E-state index in [0.717, 1.165) is 20.8 Å². The normalized spacial score (nSPS) is 27.5. The van der Waals surface area contributed by atoms with Crippen LogP contribution in [0.5, 0.6) is 0 Å². The number of nitrogens with zero attached hydrogens (tertiary/aromatic N) is 1. The summed E-state index contributed by atoms with van der Waals surface area (Å²) in [5, 5.41) is 2.09. The SMILES string of the molecule is CC(=O)OCC1O[C@@H](N=C=S)C(OC(C)=O)C(OC(C)=O)[C@@H]1OC(C)=O. The van der Waals surface area contributed by atoms with Gasteiger partial charge in [-0.2, -0.15) is 4.99 Å². The van der Waals surface area contributed by atoms with E-state index in [0.29, 0.717) is 0 Å². The first kappa shape index (κ1) is 21.7. The minimum Gasteiger partial charge on any atom is -0.463 e. The zero-order valence-electron chi connectivity index (χ0n) is 14.6. The molecule has 1 saturated heterocycles. The molecular formula is C15H19NO9S. The van der Waals surface area contributed by atoms with E-state index in [4.69, 9.17) is 23.7 Å². The molecule has 3 unspecified atom stereocenters. The van der Waals surface area contributed by atoms with Crippen molar-refractivity contribution in [1.29, 1.82) is 0 Å². The van der Waals surface area contributed by atoms with Gasteiger partial charge in [0.05, 0.1) is 5.16 Å². The first-order chi connectivity index (χ1) is 12.1. The predicted molar refractivity (Wildman–Crippen MR) is 87.0 cm³/mol. The zero-order chi connectivity index (χ0) is 19.9. The molecule has 0 aromatic rings. The van der Waals surface area contributed by atoms with Crippen molar-refractivity contribution in [3.63, 3.8) is 0 Å². The van der Waals surface area contributed by atoms with Crippen LogP contribution >= 0.6 is 12.2 Å². The summed E-state index contributed by atoms with van der Waals surface area (Å²) in [6, 6.07) is 0. The van der Waals surface area contributed by atoms with Gasteiger partial charge in [-0.1, -0.05) is 0 Å². The van der Waals surface area contributed by atoms with Gasteiger partial charge in [0, 0.05) is 27.7 Å². The lowest BCUT2D eigenvalue weighted by Gasteiger charge is -2.42. The van der Waals surface area contributed by atoms with Crippen LogP contribution in [0.25, 0.3) is 0 Å². The number of aliphatic imine (C=N–C) groups is 1. The van der Waals surface area contributed by atoms with Crippen LogP contribution in [0.3, 0.4) is 0 Å². The van der Waals surface area contributed by atoms with Gasteiger partial charge in [-0.25, -0.2) is 0 Å². The highest BCUT2D eigenvalue weighted by Crippen LogP contribution is 2.29. The van der Waals surface area contributed by atoms with Crippen molar-refractivity contribution in [3.05, 3.63) is 0 Å². The van der Waals surface area contributed by atoms with E-state index in [-0.39, 0.29) is 6.61 Å². The second-order valence-electron chi connectivity index (χ2n) is 5.31. The summed E-state index contributed by atoms with van der Waals surface area (Å²) in [7, 11) is 0. The van der Waals surface area contributed by atoms with Gasteiger partial charge in [0.25, 0.3) is 0 Å². The molecule has 0 aromatic carbocycles. The van der Waals surface area contributed by atoms with Gasteiger partial charge in [0.2, 0.25) is 0 Å². The summed E-state index contributed by atoms with van der Waals surface area (Å²) >= 11 is 4.55. The first-order valence-corrected chi connectivity index (χ1v) is 7.94. The smallest absolute Gasteiger partial charge is 0.303 e. The van der Waals surface area contributed by atoms with Crippen molar-refractivity contribution in [3.8, 4) is 0 Å². The van der Waals surface area contributed by atoms with Crippen molar-refractivity contribution in [2.45, 2.75) is 58.3 Å². The molecule has 0 saturated carbocycles. The van der Waals surface area contributed by atoms with Crippen LogP contribution in [0.1, 0.15) is 27.7 Å². The summed E-state index contributed by atoms with van der Waals surface area (Å²) < 4.78 is 26.0. The van der Waals surface area contributed by atoms with Crippen molar-refractivity contribution < 1.29 is 42.9 Å². The zero-order valence-corrected chi connectivity index (χ0v) is 15.4. The van der Waals surface area contributed by atoms with E-state index >= 15 is 0 Å². The molecule has 0 aliphatic carbocycles. The third-order valence-corrected chi connectivity index (χ3v) is 3.25. The highest BCUT2D eigenvalue weighted by molar-refractivity contribution is 7.78. The third-order valence-electron chi connectivity index (χ3n) is 3.15. The Hall–Kier alpha value is -2.36. The maximum absolute atomic E-state index is 11.5. The van der Waals surface area contributed by atoms with Gasteiger partial charge in [0.15, 0.2) is 24.5 Å². The molecule has 10 nitrogen and oxygen atoms in total. The van der Waals surface area contributed by atoms with Crippen LogP contribution in [0.15, 0.2) is 4.99 Å². The summed E-state index contributed by atoms with van der Waals surface area (Å²) in [5.41, 5.74) is 0. The van der Waals surface area contributed by atoms with Crippen molar-refractivity contribution in [1.82, 2.24) is 0 Å². The Balaban J connectivity index is 3.28. The quantitative estimate of drug-likeness (QED) is 0.268. The predicted octanol–water partition coefficient (Wildman–Crippen LogP) is 0.172. The van der Waals surface area contributed by atoms with E-state index in [9.17, 15) is 19.2 Å². The molecule has 0 spiro atoms. The standard InChI is InChI=1S/C15H19NO9S/c1-7(17)21-5-11-12(22-8(2)18)13(23-9(3)19)14(24-10(4)20)15(25-11)16-6-26/h11-15H,5H2,1-4H3/t11?,12-,13?,14?,15-/m1/s1. The number of thiocarbonyl (C=S) groups is 1. The number of hydrogen-bond donors (Lipinski definition) is 0. The number of hydrogen-bond acceptors (Lipinski definition) is 11. The summed E-state index contributed by atoms with van der Waals surface area (Å²) in [5.74, 6) is -2.74. The topological polar surface area (TPSA) is 127 Å². The Morgan fingerprint density at radius 1 is 0.885 bits per heavy atom. The molecule has 5 atom stereocenters. The molecule has 1 rings (SSSR count). The van der Waals surface area contributed by atoms with E-state index in [1.165, 1.54) is 6.92 Å². The lowest BCUT2D eigenvalue weighted by atomic mass is 9.97. The van der Waals surface area contributed by atoms with Crippen LogP contribution in [-0.2, 0) is 42.9 Å². The van der Waals surface area contributed by atoms with Crippen LogP contribution in [0.4, 0.5) is 0 Å². The number of carbonyl (C=O) groups excluding carboxylic acids is 4. The highest BCUT2D eigenvalue weighted by atomic mass is 32.1. The van der Waals surface area contributed by atoms with E-state index in [2.05, 4.69) is 22.4 Å². The minimum absolute atomic E-state index is 0.318. The lowest BCUT2D eigenvalue weighted by molar-refractivity contribution is -0.250. The second kappa shape index (κ2) is 9.95. The van der Waals surface area contributed by atoms with Crippen LogP contribution in [0, 0.1) is 0 Å². The molecule has 0 radical (unpaired) electrons. The fourth-order valence-corrected chi connectivity index (χ4v) is 2.47. The fraction of sp³-hybridized carbons (Fsp3) is 0.667. The van der Waals surface area contributed by atoms with Gasteiger partial charge < -0.3 is 23.7 Å². The summed E-state index contributed by atoms with van der Waals surface area (Å²) in [6.07, 6.45) is -5.96. The van der Waals surface area contributed by atoms with Gasteiger partial charge in [-0.15, -0.1) is 0 Å². The lowest BCUT2D eigenvalue weighted by Crippen LogP contribution is -2.61. The number of ether oxygens (including phenoxy) is 5. The van der Waals surface area contributed by atoms with E-state index in [1.54, 1.807) is 0 Å². The summed E-state index contributed by atoms with van der Waals surface area (Å²) in [6.45, 7) is 4.26. The Morgan fingerprint density at radius 3 is 1.85 bits per heavy atom. The minimum atomic E-state index is -1.26. The van der Waals surface area contributed by atoms with E-state index < -0.39 is 54.5 Å². The monoisotopic (exact) mass is 389 g/mol. The van der Waals surface area contributed by atoms with Gasteiger partial charge >= 0.3 is 23.9 Å². The van der Waals surface area contributed by atoms with Crippen LogP contribution in [-0.4, -0.2) is 66.3 Å². The number of rotatable bonds is 6. The molecule has 26 heavy (non-hydrogen) atoms. The maximum Gasteiger partial charge on any atom is 0.303 e. The molecule has 1 fully saturated rings. The van der Waals surface area contributed by atoms with E-state index in [1.807, 2.05) is 0 Å². The third kappa shape index (κ3) is 6.51. The molecule has 11 heteroatoms. The Kier molecular flexibility index (Phi) is 8.30. The Labute approximate surface area is 154 Å². The average Bonchev–Trinajstić information content (AvgIpc) is 2.50. The number of isothiocyanates is 1. The first-order valence-electron chi connectivity index (χ1n) is 7.53. The molecule has 0 aromatic heterocycles. The fourth-order valence-electron chi connectivity index (χ4n) is 2.36. The Bertz CT molecular complexity index is 616. The largest absolute Gasteiger partial charge is 0.463 e. The number of carbonyl (C=O) groups is 4. The second-order valence-corrected chi connectivity index (χ2v) is 5.49. The molecule has 144 valence electrons. The van der Waals surface area contributed by atoms with Gasteiger partial charge in [0.1, 0.15) is 12.7 Å². The van der Waals surface area contributed by atoms with Gasteiger partial charge in [-0.05, 0) is 12.2 Å². The maximum atomic E-state index is 11.5. The van der Waals surface area contributed by atoms with Crippen molar-refractivity contribution in [2.75, 3.05) is 6.61 Å². The molecule has 1 aliphatic rings. The van der Waals surface area contributed by atoms with Crippen molar-refractivity contribution >= 4 is 41.3 Å². The Morgan fingerprint density at radius 2 is 1.38 bits per heavy atom. The molecule has 0 N–H and O–H groups in total. The van der Waals surface area contributed by atoms with Gasteiger partial charge in [-0.3, -0.25) is 19.2 Å². The van der Waals surface area contributed by atoms with Crippen molar-refractivity contribution in [2.24, 2.45) is 4.99 Å². The van der Waals surface area contributed by atoms with Crippen LogP contribution in [0.2, 0.25) is 0 Å². The molecule has 0 bridgehead atoms. The molecule has 0 amide bonds. The van der Waals surface area contributed by atoms with Crippen LogP contribution < -0.4 is 0 Å². The average molecular weight is 389 g/mol. The number of esters is 4. The molecule has 1 heterocycles. The highest BCUT2D eigenvalue weighted by Gasteiger charge is 2.52. The molecular weight excluding hydrogens is 370 g/mol. The molecule has 1 aliphatic heterocycles. The summed E-state index contributed by atoms with van der Waals surface area (Å²) in [4.78, 5) is 49.3.